The van der Waals surface area contributed by atoms with Gasteiger partial charge in [0.05, 0.1) is 11.4 Å². The first-order valence-electron chi connectivity index (χ1n) is 20.3. The molecule has 0 N–H and O–H groups in total. The highest BCUT2D eigenvalue weighted by molar-refractivity contribution is 7.27. The lowest BCUT2D eigenvalue weighted by Crippen LogP contribution is -2.11. The van der Waals surface area contributed by atoms with Crippen molar-refractivity contribution in [1.29, 1.82) is 0 Å². The Morgan fingerprint density at radius 1 is 0.350 bits per heavy atom. The van der Waals surface area contributed by atoms with Gasteiger partial charge in [-0.25, -0.2) is 0 Å². The highest BCUT2D eigenvalue weighted by Crippen LogP contribution is 2.49. The predicted molar refractivity (Wildman–Crippen MR) is 256 cm³/mol. The number of para-hydroxylation sites is 5. The highest BCUT2D eigenvalue weighted by Gasteiger charge is 2.23. The van der Waals surface area contributed by atoms with Crippen LogP contribution in [0.25, 0.3) is 74.8 Å². The summed E-state index contributed by atoms with van der Waals surface area (Å²) in [7, 11) is 0. The van der Waals surface area contributed by atoms with Gasteiger partial charge in [0.2, 0.25) is 0 Å². The molecule has 10 aromatic carbocycles. The van der Waals surface area contributed by atoms with Crippen molar-refractivity contribution in [2.45, 2.75) is 0 Å². The third kappa shape index (κ3) is 5.49. The second kappa shape index (κ2) is 14.0. The molecule has 282 valence electrons. The van der Waals surface area contributed by atoms with Crippen LogP contribution in [0.3, 0.4) is 0 Å². The Labute approximate surface area is 351 Å². The largest absolute Gasteiger partial charge is 0.454 e. The molecule has 0 bridgehead atoms. The molecule has 0 aliphatic heterocycles. The van der Waals surface area contributed by atoms with Crippen molar-refractivity contribution in [2.75, 3.05) is 9.80 Å². The van der Waals surface area contributed by atoms with Gasteiger partial charge in [0.1, 0.15) is 5.58 Å². The Balaban J connectivity index is 1.07. The van der Waals surface area contributed by atoms with Crippen LogP contribution in [0, 0.1) is 0 Å². The molecular formula is C56H36N2OS. The summed E-state index contributed by atoms with van der Waals surface area (Å²) in [5.74, 6) is 0. The van der Waals surface area contributed by atoms with Crippen LogP contribution in [0.4, 0.5) is 34.1 Å². The maximum Gasteiger partial charge on any atom is 0.159 e. The zero-order valence-electron chi connectivity index (χ0n) is 32.5. The molecule has 0 radical (unpaired) electrons. The van der Waals surface area contributed by atoms with Crippen molar-refractivity contribution in [1.82, 2.24) is 0 Å². The van der Waals surface area contributed by atoms with Crippen molar-refractivity contribution in [3.05, 3.63) is 218 Å². The van der Waals surface area contributed by atoms with Crippen LogP contribution in [0.2, 0.25) is 0 Å². The van der Waals surface area contributed by atoms with E-state index in [2.05, 4.69) is 222 Å². The Morgan fingerprint density at radius 3 is 1.68 bits per heavy atom. The first-order valence-corrected chi connectivity index (χ1v) is 21.2. The third-order valence-electron chi connectivity index (χ3n) is 11.8. The minimum atomic E-state index is 0.878. The predicted octanol–water partition coefficient (Wildman–Crippen LogP) is 16.9. The standard InChI is InChI=1S/C56H36N2OS/c1-4-17-37(18-5-1)42-23-12-14-28-50(42)57(38-19-6-2-7-20-38)40-31-33-47-49(35-40)43-24-10-11-26-45(43)54-48-34-32-41(36-53(48)60-56(47)54)58(39-21-8-3-9-22-39)51-29-16-27-46-44-25-13-15-30-52(44)59-55(46)51/h1-36H. The molecule has 0 atom stereocenters. The van der Waals surface area contributed by atoms with Gasteiger partial charge in [0.15, 0.2) is 5.58 Å². The monoisotopic (exact) mass is 784 g/mol. The van der Waals surface area contributed by atoms with E-state index in [9.17, 15) is 0 Å². The zero-order valence-corrected chi connectivity index (χ0v) is 33.3. The summed E-state index contributed by atoms with van der Waals surface area (Å²) in [5, 5.41) is 9.80. The maximum absolute atomic E-state index is 6.61. The third-order valence-corrected chi connectivity index (χ3v) is 13.0. The number of nitrogens with zero attached hydrogens (tertiary/aromatic N) is 2. The normalized spacial score (nSPS) is 11.7. The van der Waals surface area contributed by atoms with Crippen LogP contribution in [0.1, 0.15) is 0 Å². The second-order valence-electron chi connectivity index (χ2n) is 15.2. The Hall–Kier alpha value is -7.66. The van der Waals surface area contributed by atoms with E-state index in [-0.39, 0.29) is 0 Å². The summed E-state index contributed by atoms with van der Waals surface area (Å²) < 4.78 is 9.14. The van der Waals surface area contributed by atoms with Gasteiger partial charge in [0.25, 0.3) is 0 Å². The average molecular weight is 785 g/mol. The topological polar surface area (TPSA) is 19.6 Å². The lowest BCUT2D eigenvalue weighted by molar-refractivity contribution is 0.669. The summed E-state index contributed by atoms with van der Waals surface area (Å²) in [6.07, 6.45) is 0. The lowest BCUT2D eigenvalue weighted by Gasteiger charge is -2.28. The quantitative estimate of drug-likeness (QED) is 0.150. The van der Waals surface area contributed by atoms with E-state index >= 15 is 0 Å². The molecular weight excluding hydrogens is 749 g/mol. The van der Waals surface area contributed by atoms with Crippen LogP contribution in [-0.4, -0.2) is 0 Å². The van der Waals surface area contributed by atoms with Crippen LogP contribution in [-0.2, 0) is 0 Å². The van der Waals surface area contributed by atoms with E-state index in [0.717, 1.165) is 56.1 Å². The molecule has 0 saturated carbocycles. The van der Waals surface area contributed by atoms with Crippen molar-refractivity contribution in [3.8, 4) is 11.1 Å². The molecule has 12 rings (SSSR count). The van der Waals surface area contributed by atoms with Crippen LogP contribution < -0.4 is 9.80 Å². The smallest absolute Gasteiger partial charge is 0.159 e. The molecule has 0 aliphatic carbocycles. The van der Waals surface area contributed by atoms with Gasteiger partial charge < -0.3 is 14.2 Å². The minimum absolute atomic E-state index is 0.878. The molecule has 0 amide bonds. The van der Waals surface area contributed by atoms with E-state index in [1.54, 1.807) is 0 Å². The number of thiophene rings is 1. The molecule has 0 spiro atoms. The Morgan fingerprint density at radius 2 is 0.917 bits per heavy atom. The van der Waals surface area contributed by atoms with Crippen LogP contribution >= 0.6 is 11.3 Å². The van der Waals surface area contributed by atoms with Gasteiger partial charge in [-0.2, -0.15) is 0 Å². The van der Waals surface area contributed by atoms with Crippen molar-refractivity contribution in [2.24, 2.45) is 0 Å². The van der Waals surface area contributed by atoms with Gasteiger partial charge in [-0.3, -0.25) is 0 Å². The molecule has 0 unspecified atom stereocenters. The van der Waals surface area contributed by atoms with Crippen LogP contribution in [0.5, 0.6) is 0 Å². The molecule has 2 aromatic heterocycles. The van der Waals surface area contributed by atoms with Gasteiger partial charge in [-0.1, -0.05) is 152 Å². The minimum Gasteiger partial charge on any atom is -0.454 e. The summed E-state index contributed by atoms with van der Waals surface area (Å²) in [4.78, 5) is 4.74. The van der Waals surface area contributed by atoms with Gasteiger partial charge >= 0.3 is 0 Å². The fourth-order valence-corrected chi connectivity index (χ4v) is 10.4. The number of benzene rings is 10. The first kappa shape index (κ1) is 34.4. The van der Waals surface area contributed by atoms with Gasteiger partial charge in [-0.15, -0.1) is 11.3 Å². The number of fused-ring (bicyclic) bond motifs is 11. The van der Waals surface area contributed by atoms with Crippen molar-refractivity contribution in [3.63, 3.8) is 0 Å². The fourth-order valence-electron chi connectivity index (χ4n) is 9.16. The van der Waals surface area contributed by atoms with Gasteiger partial charge in [-0.05, 0) is 88.5 Å². The second-order valence-corrected chi connectivity index (χ2v) is 16.3. The maximum atomic E-state index is 6.61. The first-order chi connectivity index (χ1) is 29.8. The number of furan rings is 1. The Kier molecular flexibility index (Phi) is 8.03. The summed E-state index contributed by atoms with van der Waals surface area (Å²) in [6.45, 7) is 0. The molecule has 0 saturated heterocycles. The number of hydrogen-bond acceptors (Lipinski definition) is 4. The molecule has 3 nitrogen and oxygen atoms in total. The molecule has 60 heavy (non-hydrogen) atoms. The fraction of sp³-hybridized carbons (Fsp3) is 0. The van der Waals surface area contributed by atoms with Crippen LogP contribution in [0.15, 0.2) is 223 Å². The van der Waals surface area contributed by atoms with E-state index < -0.39 is 0 Å². The number of anilines is 6. The molecule has 12 aromatic rings. The van der Waals surface area contributed by atoms with E-state index in [4.69, 9.17) is 4.42 Å². The summed E-state index contributed by atoms with van der Waals surface area (Å²) >= 11 is 1.88. The summed E-state index contributed by atoms with van der Waals surface area (Å²) in [6, 6.07) is 78.4. The molecule has 2 heterocycles. The summed E-state index contributed by atoms with van der Waals surface area (Å²) in [5.41, 5.74) is 10.7. The van der Waals surface area contributed by atoms with E-state index in [1.165, 1.54) is 52.8 Å². The Bertz CT molecular complexity index is 3560. The molecule has 4 heteroatoms. The molecule has 0 fully saturated rings. The van der Waals surface area contributed by atoms with E-state index in [1.807, 2.05) is 17.4 Å². The van der Waals surface area contributed by atoms with Crippen molar-refractivity contribution >= 4 is 109 Å². The average Bonchev–Trinajstić information content (AvgIpc) is 3.90. The number of rotatable bonds is 7. The lowest BCUT2D eigenvalue weighted by atomic mass is 9.96. The van der Waals surface area contributed by atoms with E-state index in [0.29, 0.717) is 0 Å². The van der Waals surface area contributed by atoms with Gasteiger partial charge in [0, 0.05) is 64.6 Å². The molecule has 0 aliphatic rings. The highest BCUT2D eigenvalue weighted by atomic mass is 32.1. The number of hydrogen-bond donors (Lipinski definition) is 0. The van der Waals surface area contributed by atoms with Crippen molar-refractivity contribution < 1.29 is 4.42 Å². The zero-order chi connectivity index (χ0) is 39.6. The SMILES string of the molecule is c1ccc(-c2ccccc2N(c2ccccc2)c2ccc3c(c2)c2ccccc2c2c4ccc(N(c5ccccc5)c5cccc6c5oc5ccccc56)cc4sc32)cc1.